The number of hydrogen-bond donors (Lipinski definition) is 1. The number of aliphatic carboxylic acids is 1. The molecule has 0 saturated carbocycles. The van der Waals surface area contributed by atoms with Gasteiger partial charge >= 0.3 is 5.97 Å². The van der Waals surface area contributed by atoms with E-state index in [1.165, 1.54) is 24.3 Å². The first-order valence-corrected chi connectivity index (χ1v) is 8.61. The van der Waals surface area contributed by atoms with Crippen molar-refractivity contribution >= 4 is 33.3 Å². The molecule has 0 aliphatic carbocycles. The van der Waals surface area contributed by atoms with Crippen molar-refractivity contribution in [3.8, 4) is 0 Å². The quantitative estimate of drug-likeness (QED) is 0.895. The van der Waals surface area contributed by atoms with Crippen LogP contribution in [0.4, 0.5) is 5.69 Å². The predicted octanol–water partition coefficient (Wildman–Crippen LogP) is 3.24. The van der Waals surface area contributed by atoms with Gasteiger partial charge < -0.3 is 5.11 Å². The molecule has 7 heteroatoms. The lowest BCUT2D eigenvalue weighted by Gasteiger charge is -2.24. The summed E-state index contributed by atoms with van der Waals surface area (Å²) < 4.78 is 26.6. The average molecular weight is 354 g/mol. The molecular formula is C16H16ClNO4S. The molecule has 0 unspecified atom stereocenters. The van der Waals surface area contributed by atoms with Gasteiger partial charge in [0.05, 0.1) is 10.6 Å². The third-order valence-corrected chi connectivity index (χ3v) is 5.33. The van der Waals surface area contributed by atoms with Crippen molar-refractivity contribution < 1.29 is 18.3 Å². The summed E-state index contributed by atoms with van der Waals surface area (Å²) in [7, 11) is -4.01. The largest absolute Gasteiger partial charge is 0.480 e. The fourth-order valence-corrected chi connectivity index (χ4v) is 3.85. The van der Waals surface area contributed by atoms with Crippen LogP contribution in [0.5, 0.6) is 0 Å². The van der Waals surface area contributed by atoms with Crippen molar-refractivity contribution in [1.82, 2.24) is 0 Å². The third kappa shape index (κ3) is 3.83. The summed E-state index contributed by atoms with van der Waals surface area (Å²) in [6.45, 7) is 2.97. The van der Waals surface area contributed by atoms with Gasteiger partial charge in [-0.2, -0.15) is 0 Å². The first-order valence-electron chi connectivity index (χ1n) is 6.79. The van der Waals surface area contributed by atoms with E-state index >= 15 is 0 Å². The van der Waals surface area contributed by atoms with Gasteiger partial charge in [-0.15, -0.1) is 0 Å². The normalized spacial score (nSPS) is 11.3. The number of carboxylic acids is 1. The van der Waals surface area contributed by atoms with E-state index < -0.39 is 22.5 Å². The number of benzene rings is 2. The second-order valence-electron chi connectivity index (χ2n) is 5.15. The molecule has 2 aromatic rings. The van der Waals surface area contributed by atoms with Gasteiger partial charge in [-0.1, -0.05) is 29.3 Å². The number of sulfonamides is 1. The fourth-order valence-electron chi connectivity index (χ4n) is 2.24. The van der Waals surface area contributed by atoms with E-state index in [1.807, 2.05) is 13.0 Å². The van der Waals surface area contributed by atoms with Crippen LogP contribution in [0.3, 0.4) is 0 Å². The molecule has 5 nitrogen and oxygen atoms in total. The van der Waals surface area contributed by atoms with Gasteiger partial charge in [0.15, 0.2) is 0 Å². The van der Waals surface area contributed by atoms with Gasteiger partial charge in [-0.25, -0.2) is 8.42 Å². The van der Waals surface area contributed by atoms with Gasteiger partial charge in [0.2, 0.25) is 0 Å². The summed E-state index contributed by atoms with van der Waals surface area (Å²) in [5, 5.41) is 9.52. The van der Waals surface area contributed by atoms with Crippen molar-refractivity contribution in [1.29, 1.82) is 0 Å². The highest BCUT2D eigenvalue weighted by Gasteiger charge is 2.28. The minimum absolute atomic E-state index is 0.0110. The lowest BCUT2D eigenvalue weighted by atomic mass is 10.1. The number of nitrogens with zero attached hydrogens (tertiary/aromatic N) is 1. The van der Waals surface area contributed by atoms with Gasteiger partial charge in [-0.3, -0.25) is 9.10 Å². The second-order valence-corrected chi connectivity index (χ2v) is 7.45. The van der Waals surface area contributed by atoms with Crippen LogP contribution in [0.2, 0.25) is 5.02 Å². The number of anilines is 1. The molecule has 0 fully saturated rings. The molecule has 23 heavy (non-hydrogen) atoms. The Morgan fingerprint density at radius 3 is 2.26 bits per heavy atom. The monoisotopic (exact) mass is 353 g/mol. The van der Waals surface area contributed by atoms with Crippen LogP contribution >= 0.6 is 11.6 Å². The van der Waals surface area contributed by atoms with Crippen LogP contribution in [-0.4, -0.2) is 26.0 Å². The molecule has 0 spiro atoms. The fraction of sp³-hybridized carbons (Fsp3) is 0.188. The summed E-state index contributed by atoms with van der Waals surface area (Å²) in [6.07, 6.45) is 0. The van der Waals surface area contributed by atoms with Crippen LogP contribution in [0.1, 0.15) is 11.1 Å². The maximum absolute atomic E-state index is 12.8. The van der Waals surface area contributed by atoms with Crippen LogP contribution < -0.4 is 4.31 Å². The van der Waals surface area contributed by atoms with Crippen molar-refractivity contribution in [3.05, 3.63) is 58.6 Å². The maximum atomic E-state index is 12.8. The smallest absolute Gasteiger partial charge is 0.324 e. The Morgan fingerprint density at radius 1 is 1.13 bits per heavy atom. The highest BCUT2D eigenvalue weighted by molar-refractivity contribution is 7.92. The topological polar surface area (TPSA) is 74.7 Å². The molecular weight excluding hydrogens is 338 g/mol. The molecule has 1 N–H and O–H groups in total. The minimum atomic E-state index is -4.01. The van der Waals surface area contributed by atoms with E-state index in [-0.39, 0.29) is 4.90 Å². The van der Waals surface area contributed by atoms with E-state index in [0.29, 0.717) is 16.3 Å². The molecule has 2 rings (SSSR count). The third-order valence-electron chi connectivity index (χ3n) is 3.30. The summed E-state index contributed by atoms with van der Waals surface area (Å²) in [6, 6.07) is 10.8. The SMILES string of the molecule is Cc1ccc(N(CC(=O)O)S(=O)(=O)c2ccc(Cl)cc2)c(C)c1. The molecule has 0 aliphatic heterocycles. The number of carboxylic acid groups (broad SMARTS) is 1. The summed E-state index contributed by atoms with van der Waals surface area (Å²) in [4.78, 5) is 11.2. The zero-order valence-electron chi connectivity index (χ0n) is 12.7. The number of rotatable bonds is 5. The van der Waals surface area contributed by atoms with Crippen LogP contribution in [0, 0.1) is 13.8 Å². The van der Waals surface area contributed by atoms with Gasteiger partial charge in [-0.05, 0) is 49.7 Å². The number of carbonyl (C=O) groups is 1. The zero-order valence-corrected chi connectivity index (χ0v) is 14.2. The van der Waals surface area contributed by atoms with Crippen LogP contribution in [0.15, 0.2) is 47.4 Å². The van der Waals surface area contributed by atoms with E-state index in [9.17, 15) is 13.2 Å². The maximum Gasteiger partial charge on any atom is 0.324 e. The highest BCUT2D eigenvalue weighted by atomic mass is 35.5. The van der Waals surface area contributed by atoms with Crippen LogP contribution in [0.25, 0.3) is 0 Å². The molecule has 122 valence electrons. The van der Waals surface area contributed by atoms with E-state index in [2.05, 4.69) is 0 Å². The zero-order chi connectivity index (χ0) is 17.2. The Labute approximate surface area is 140 Å². The summed E-state index contributed by atoms with van der Waals surface area (Å²) >= 11 is 5.78. The summed E-state index contributed by atoms with van der Waals surface area (Å²) in [5.74, 6) is -1.23. The Balaban J connectivity index is 2.57. The Bertz CT molecular complexity index is 832. The first-order chi connectivity index (χ1) is 10.7. The molecule has 0 bridgehead atoms. The molecule has 0 aliphatic rings. The Kier molecular flexibility index (Phi) is 4.97. The predicted molar refractivity (Wildman–Crippen MR) is 89.5 cm³/mol. The number of hydrogen-bond acceptors (Lipinski definition) is 3. The minimum Gasteiger partial charge on any atom is -0.480 e. The van der Waals surface area contributed by atoms with E-state index in [0.717, 1.165) is 9.87 Å². The molecule has 0 atom stereocenters. The lowest BCUT2D eigenvalue weighted by Crippen LogP contribution is -2.36. The first kappa shape index (κ1) is 17.3. The Morgan fingerprint density at radius 2 is 1.74 bits per heavy atom. The molecule has 0 radical (unpaired) electrons. The second kappa shape index (κ2) is 6.60. The van der Waals surface area contributed by atoms with E-state index in [1.54, 1.807) is 19.1 Å². The van der Waals surface area contributed by atoms with Crippen LogP contribution in [-0.2, 0) is 14.8 Å². The van der Waals surface area contributed by atoms with Gasteiger partial charge in [0.1, 0.15) is 6.54 Å². The van der Waals surface area contributed by atoms with Crippen molar-refractivity contribution in [3.63, 3.8) is 0 Å². The van der Waals surface area contributed by atoms with Gasteiger partial charge in [0, 0.05) is 5.02 Å². The molecule has 2 aromatic carbocycles. The Hall–Kier alpha value is -2.05. The lowest BCUT2D eigenvalue weighted by molar-refractivity contribution is -0.135. The van der Waals surface area contributed by atoms with Gasteiger partial charge in [0.25, 0.3) is 10.0 Å². The van der Waals surface area contributed by atoms with Crippen molar-refractivity contribution in [2.75, 3.05) is 10.8 Å². The molecule has 0 heterocycles. The number of halogens is 1. The summed E-state index contributed by atoms with van der Waals surface area (Å²) in [5.41, 5.74) is 1.99. The van der Waals surface area contributed by atoms with Crippen molar-refractivity contribution in [2.24, 2.45) is 0 Å². The number of aryl methyl sites for hydroxylation is 2. The molecule has 0 amide bonds. The average Bonchev–Trinajstić information content (AvgIpc) is 2.45. The highest BCUT2D eigenvalue weighted by Crippen LogP contribution is 2.28. The standard InChI is InChI=1S/C16H16ClNO4S/c1-11-3-8-15(12(2)9-11)18(10-16(19)20)23(21,22)14-6-4-13(17)5-7-14/h3-9H,10H2,1-2H3,(H,19,20). The van der Waals surface area contributed by atoms with Crippen molar-refractivity contribution in [2.45, 2.75) is 18.7 Å². The molecule has 0 aromatic heterocycles. The molecule has 0 saturated heterocycles. The van der Waals surface area contributed by atoms with E-state index in [4.69, 9.17) is 16.7 Å².